The summed E-state index contributed by atoms with van der Waals surface area (Å²) in [6.45, 7) is 9.02. The Kier molecular flexibility index (Phi) is 3.73. The lowest BCUT2D eigenvalue weighted by Gasteiger charge is -2.14. The average Bonchev–Trinajstić information content (AvgIpc) is 2.85. The van der Waals surface area contributed by atoms with Gasteiger partial charge in [0.05, 0.1) is 23.8 Å². The van der Waals surface area contributed by atoms with Crippen LogP contribution in [0.1, 0.15) is 49.5 Å². The monoisotopic (exact) mass is 284 g/mol. The first kappa shape index (κ1) is 13.5. The Balaban J connectivity index is 2.11. The van der Waals surface area contributed by atoms with Crippen molar-refractivity contribution in [1.29, 1.82) is 0 Å². The lowest BCUT2D eigenvalue weighted by Crippen LogP contribution is -2.12. The quantitative estimate of drug-likeness (QED) is 0.812. The molecule has 0 aromatic carbocycles. The zero-order valence-electron chi connectivity index (χ0n) is 11.0. The van der Waals surface area contributed by atoms with Gasteiger partial charge in [0.1, 0.15) is 10.7 Å². The highest BCUT2D eigenvalue weighted by molar-refractivity contribution is 7.09. The van der Waals surface area contributed by atoms with Gasteiger partial charge >= 0.3 is 0 Å². The fourth-order valence-electron chi connectivity index (χ4n) is 1.44. The number of hydrogen-bond donors (Lipinski definition) is 0. The van der Waals surface area contributed by atoms with Crippen LogP contribution in [0.5, 0.6) is 0 Å². The van der Waals surface area contributed by atoms with Gasteiger partial charge in [0.2, 0.25) is 0 Å². The maximum atomic E-state index is 5.95. The second-order valence-corrected chi connectivity index (χ2v) is 6.93. The molecule has 0 fully saturated rings. The minimum Gasteiger partial charge on any atom is -0.245 e. The zero-order chi connectivity index (χ0) is 13.3. The molecule has 0 saturated heterocycles. The molecule has 0 N–H and O–H groups in total. The number of thiazole rings is 1. The normalized spacial score (nSPS) is 13.8. The Bertz CT molecular complexity index is 524. The standard InChI is InChI=1S/C12H17ClN4S/c1-8(13)9-5-17(16-15-9)6-11-14-10(7-18-11)12(2,3)4/h5,7-8H,6H2,1-4H3. The summed E-state index contributed by atoms with van der Waals surface area (Å²) in [5.41, 5.74) is 2.00. The molecule has 18 heavy (non-hydrogen) atoms. The van der Waals surface area contributed by atoms with E-state index in [0.717, 1.165) is 16.4 Å². The van der Waals surface area contributed by atoms with E-state index in [1.807, 2.05) is 13.1 Å². The first-order valence-electron chi connectivity index (χ1n) is 5.85. The minimum atomic E-state index is -0.111. The smallest absolute Gasteiger partial charge is 0.114 e. The molecule has 0 amide bonds. The van der Waals surface area contributed by atoms with Crippen LogP contribution in [0.4, 0.5) is 0 Å². The highest BCUT2D eigenvalue weighted by atomic mass is 35.5. The molecule has 4 nitrogen and oxygen atoms in total. The van der Waals surface area contributed by atoms with Gasteiger partial charge in [-0.15, -0.1) is 28.0 Å². The van der Waals surface area contributed by atoms with Gasteiger partial charge in [0, 0.05) is 10.8 Å². The fourth-order valence-corrected chi connectivity index (χ4v) is 2.55. The molecule has 0 saturated carbocycles. The maximum absolute atomic E-state index is 5.95. The Morgan fingerprint density at radius 3 is 2.67 bits per heavy atom. The predicted octanol–water partition coefficient (Wildman–Crippen LogP) is 3.38. The van der Waals surface area contributed by atoms with E-state index in [4.69, 9.17) is 11.6 Å². The number of aromatic nitrogens is 4. The first-order chi connectivity index (χ1) is 8.36. The molecular weight excluding hydrogens is 268 g/mol. The summed E-state index contributed by atoms with van der Waals surface area (Å²) in [6.07, 6.45) is 1.87. The molecule has 0 spiro atoms. The number of halogens is 1. The lowest BCUT2D eigenvalue weighted by molar-refractivity contribution is 0.566. The third-order valence-corrected chi connectivity index (χ3v) is 3.64. The van der Waals surface area contributed by atoms with Gasteiger partial charge in [-0.05, 0) is 6.92 Å². The highest BCUT2D eigenvalue weighted by Gasteiger charge is 2.17. The van der Waals surface area contributed by atoms with E-state index < -0.39 is 0 Å². The summed E-state index contributed by atoms with van der Waals surface area (Å²) >= 11 is 7.61. The van der Waals surface area contributed by atoms with Crippen LogP contribution in [0.15, 0.2) is 11.6 Å². The van der Waals surface area contributed by atoms with Crippen molar-refractivity contribution >= 4 is 22.9 Å². The second kappa shape index (κ2) is 4.97. The number of hydrogen-bond acceptors (Lipinski definition) is 4. The number of rotatable bonds is 3. The molecule has 2 aromatic rings. The van der Waals surface area contributed by atoms with E-state index in [9.17, 15) is 0 Å². The molecule has 2 heterocycles. The average molecular weight is 285 g/mol. The van der Waals surface area contributed by atoms with Crippen molar-refractivity contribution < 1.29 is 0 Å². The van der Waals surface area contributed by atoms with E-state index >= 15 is 0 Å². The molecule has 2 rings (SSSR count). The van der Waals surface area contributed by atoms with Gasteiger partial charge in [-0.3, -0.25) is 0 Å². The van der Waals surface area contributed by atoms with E-state index in [1.165, 1.54) is 0 Å². The summed E-state index contributed by atoms with van der Waals surface area (Å²) in [5.74, 6) is 0. The summed E-state index contributed by atoms with van der Waals surface area (Å²) in [6, 6.07) is 0. The lowest BCUT2D eigenvalue weighted by atomic mass is 9.93. The van der Waals surface area contributed by atoms with Crippen LogP contribution in [0.25, 0.3) is 0 Å². The summed E-state index contributed by atoms with van der Waals surface area (Å²) in [7, 11) is 0. The van der Waals surface area contributed by atoms with Crippen LogP contribution >= 0.6 is 22.9 Å². The largest absolute Gasteiger partial charge is 0.245 e. The molecule has 1 atom stereocenters. The highest BCUT2D eigenvalue weighted by Crippen LogP contribution is 2.24. The van der Waals surface area contributed by atoms with E-state index in [2.05, 4.69) is 41.4 Å². The van der Waals surface area contributed by atoms with Gasteiger partial charge in [0.15, 0.2) is 0 Å². The van der Waals surface area contributed by atoms with E-state index in [1.54, 1.807) is 16.0 Å². The SMILES string of the molecule is CC(Cl)c1cn(Cc2nc(C(C)(C)C)cs2)nn1. The minimum absolute atomic E-state index is 0.0902. The van der Waals surface area contributed by atoms with Gasteiger partial charge in [-0.25, -0.2) is 9.67 Å². The van der Waals surface area contributed by atoms with Gasteiger partial charge in [0.25, 0.3) is 0 Å². The van der Waals surface area contributed by atoms with Crippen molar-refractivity contribution in [3.8, 4) is 0 Å². The Morgan fingerprint density at radius 1 is 1.44 bits per heavy atom. The molecule has 0 radical (unpaired) electrons. The number of nitrogens with zero attached hydrogens (tertiary/aromatic N) is 4. The topological polar surface area (TPSA) is 43.6 Å². The van der Waals surface area contributed by atoms with Crippen LogP contribution in [-0.2, 0) is 12.0 Å². The van der Waals surface area contributed by atoms with Crippen molar-refractivity contribution in [2.45, 2.75) is 45.0 Å². The van der Waals surface area contributed by atoms with Crippen LogP contribution < -0.4 is 0 Å². The third kappa shape index (κ3) is 3.09. The summed E-state index contributed by atoms with van der Waals surface area (Å²) < 4.78 is 1.78. The van der Waals surface area contributed by atoms with Crippen LogP contribution in [-0.4, -0.2) is 20.0 Å². The first-order valence-corrected chi connectivity index (χ1v) is 7.17. The van der Waals surface area contributed by atoms with Crippen LogP contribution in [0.2, 0.25) is 0 Å². The summed E-state index contributed by atoms with van der Waals surface area (Å²) in [4.78, 5) is 4.63. The predicted molar refractivity (Wildman–Crippen MR) is 74.2 cm³/mol. The Morgan fingerprint density at radius 2 is 2.17 bits per heavy atom. The van der Waals surface area contributed by atoms with Gasteiger partial charge in [-0.2, -0.15) is 0 Å². The second-order valence-electron chi connectivity index (χ2n) is 5.33. The molecule has 6 heteroatoms. The summed E-state index contributed by atoms with van der Waals surface area (Å²) in [5, 5.41) is 11.1. The van der Waals surface area contributed by atoms with Crippen LogP contribution in [0.3, 0.4) is 0 Å². The maximum Gasteiger partial charge on any atom is 0.114 e. The molecule has 0 aliphatic carbocycles. The van der Waals surface area contributed by atoms with Gasteiger partial charge in [-0.1, -0.05) is 26.0 Å². The third-order valence-electron chi connectivity index (χ3n) is 2.58. The molecule has 1 unspecified atom stereocenters. The van der Waals surface area contributed by atoms with E-state index in [0.29, 0.717) is 6.54 Å². The molecule has 0 bridgehead atoms. The molecule has 2 aromatic heterocycles. The van der Waals surface area contributed by atoms with Gasteiger partial charge < -0.3 is 0 Å². The molecule has 98 valence electrons. The fraction of sp³-hybridized carbons (Fsp3) is 0.583. The Hall–Kier alpha value is -0.940. The number of alkyl halides is 1. The van der Waals surface area contributed by atoms with Crippen molar-refractivity contribution in [3.05, 3.63) is 28.0 Å². The molecular formula is C12H17ClN4S. The van der Waals surface area contributed by atoms with Crippen molar-refractivity contribution in [1.82, 2.24) is 20.0 Å². The molecule has 0 aliphatic rings. The molecule has 0 aliphatic heterocycles. The van der Waals surface area contributed by atoms with E-state index in [-0.39, 0.29) is 10.8 Å². The van der Waals surface area contributed by atoms with Crippen molar-refractivity contribution in [2.75, 3.05) is 0 Å². The Labute approximate surface area is 116 Å². The van der Waals surface area contributed by atoms with Crippen molar-refractivity contribution in [2.24, 2.45) is 0 Å². The zero-order valence-corrected chi connectivity index (χ0v) is 12.6. The van der Waals surface area contributed by atoms with Crippen LogP contribution in [0, 0.1) is 0 Å². The van der Waals surface area contributed by atoms with Crippen molar-refractivity contribution in [3.63, 3.8) is 0 Å².